The molecule has 1 nitrogen and oxygen atoms in total. The fourth-order valence-corrected chi connectivity index (χ4v) is 6.36. The Morgan fingerprint density at radius 3 is 2.23 bits per heavy atom. The fraction of sp³-hybridized carbons (Fsp3) is 0.357. The molecule has 1 aliphatic heterocycles. The summed E-state index contributed by atoms with van der Waals surface area (Å²) in [5, 5.41) is 0. The maximum atomic E-state index is 13.7. The van der Waals surface area contributed by atoms with Crippen molar-refractivity contribution in [1.29, 1.82) is 0 Å². The van der Waals surface area contributed by atoms with Crippen molar-refractivity contribution in [1.82, 2.24) is 0 Å². The summed E-state index contributed by atoms with van der Waals surface area (Å²) in [7, 11) is 0. The molecule has 4 rings (SSSR count). The van der Waals surface area contributed by atoms with E-state index in [-0.39, 0.29) is 0 Å². The van der Waals surface area contributed by atoms with Gasteiger partial charge in [-0.15, -0.1) is 0 Å². The standard InChI is InChI=1S/C28H31FOS/c1-6-10-22-15-20(17-29)16-24-26(22)28(5,30-27-18(3)11-8-12-19(27)4)25-21(7-2)13-9-14-23(25)31-24/h8-9,11-16H,6-7,10,17H2,1-5H3. The van der Waals surface area contributed by atoms with Crippen LogP contribution in [-0.2, 0) is 25.1 Å². The average molecular weight is 435 g/mol. The molecule has 0 saturated heterocycles. The molecule has 0 fully saturated rings. The Hall–Kier alpha value is -2.26. The lowest BCUT2D eigenvalue weighted by Gasteiger charge is -2.41. The summed E-state index contributed by atoms with van der Waals surface area (Å²) in [4.78, 5) is 2.33. The van der Waals surface area contributed by atoms with Crippen molar-refractivity contribution in [2.45, 2.75) is 75.9 Å². The van der Waals surface area contributed by atoms with Gasteiger partial charge in [0.25, 0.3) is 0 Å². The van der Waals surface area contributed by atoms with Gasteiger partial charge in [-0.25, -0.2) is 4.39 Å². The molecule has 0 spiro atoms. The van der Waals surface area contributed by atoms with Crippen LogP contribution in [0.15, 0.2) is 58.3 Å². The van der Waals surface area contributed by atoms with Crippen LogP contribution in [0, 0.1) is 13.8 Å². The number of alkyl halides is 1. The smallest absolute Gasteiger partial charge is 0.159 e. The second-order valence-electron chi connectivity index (χ2n) is 8.61. The number of ether oxygens (including phenoxy) is 1. The van der Waals surface area contributed by atoms with Crippen molar-refractivity contribution >= 4 is 11.8 Å². The molecule has 0 aliphatic carbocycles. The lowest BCUT2D eigenvalue weighted by molar-refractivity contribution is 0.120. The van der Waals surface area contributed by atoms with E-state index in [2.05, 4.69) is 77.1 Å². The highest BCUT2D eigenvalue weighted by molar-refractivity contribution is 7.99. The molecular formula is C28H31FOS. The van der Waals surface area contributed by atoms with Crippen molar-refractivity contribution in [2.24, 2.45) is 0 Å². The molecule has 0 bridgehead atoms. The highest BCUT2D eigenvalue weighted by Crippen LogP contribution is 2.53. The maximum absolute atomic E-state index is 13.7. The van der Waals surface area contributed by atoms with E-state index >= 15 is 0 Å². The maximum Gasteiger partial charge on any atom is 0.159 e. The predicted molar refractivity (Wildman–Crippen MR) is 128 cm³/mol. The molecule has 1 atom stereocenters. The zero-order valence-electron chi connectivity index (χ0n) is 19.1. The fourth-order valence-electron chi connectivity index (χ4n) is 4.91. The van der Waals surface area contributed by atoms with Gasteiger partial charge in [0, 0.05) is 20.9 Å². The van der Waals surface area contributed by atoms with Crippen LogP contribution in [0.1, 0.15) is 66.1 Å². The Morgan fingerprint density at radius 1 is 0.903 bits per heavy atom. The second kappa shape index (κ2) is 8.70. The number of aryl methyl sites for hydroxylation is 4. The number of para-hydroxylation sites is 1. The highest BCUT2D eigenvalue weighted by atomic mass is 32.2. The van der Waals surface area contributed by atoms with Crippen LogP contribution in [0.25, 0.3) is 0 Å². The average Bonchev–Trinajstić information content (AvgIpc) is 2.76. The monoisotopic (exact) mass is 434 g/mol. The van der Waals surface area contributed by atoms with E-state index in [0.717, 1.165) is 46.6 Å². The van der Waals surface area contributed by atoms with Gasteiger partial charge in [-0.3, -0.25) is 0 Å². The largest absolute Gasteiger partial charge is 0.477 e. The van der Waals surface area contributed by atoms with Crippen LogP contribution in [0.3, 0.4) is 0 Å². The first-order valence-electron chi connectivity index (χ1n) is 11.2. The van der Waals surface area contributed by atoms with Gasteiger partial charge in [0.1, 0.15) is 12.4 Å². The Morgan fingerprint density at radius 2 is 1.58 bits per heavy atom. The number of rotatable bonds is 6. The van der Waals surface area contributed by atoms with Crippen LogP contribution >= 0.6 is 11.8 Å². The van der Waals surface area contributed by atoms with Crippen LogP contribution < -0.4 is 4.74 Å². The lowest BCUT2D eigenvalue weighted by Crippen LogP contribution is -2.37. The van der Waals surface area contributed by atoms with Crippen molar-refractivity contribution in [3.8, 4) is 5.75 Å². The zero-order valence-corrected chi connectivity index (χ0v) is 20.0. The molecule has 162 valence electrons. The van der Waals surface area contributed by atoms with Gasteiger partial charge in [-0.1, -0.05) is 68.4 Å². The minimum Gasteiger partial charge on any atom is -0.477 e. The molecule has 0 radical (unpaired) electrons. The van der Waals surface area contributed by atoms with Gasteiger partial charge in [-0.05, 0) is 73.6 Å². The number of fused-ring (bicyclic) bond motifs is 2. The third kappa shape index (κ3) is 3.78. The number of benzene rings is 3. The SMILES string of the molecule is CCCc1cc(CF)cc2c1C(C)(Oc1c(C)cccc1C)c1c(CC)cccc1S2. The quantitative estimate of drug-likeness (QED) is 0.388. The van der Waals surface area contributed by atoms with E-state index in [9.17, 15) is 4.39 Å². The van der Waals surface area contributed by atoms with Crippen LogP contribution in [0.4, 0.5) is 4.39 Å². The highest BCUT2D eigenvalue weighted by Gasteiger charge is 2.43. The first-order chi connectivity index (χ1) is 14.9. The summed E-state index contributed by atoms with van der Waals surface area (Å²) in [5.41, 5.74) is 7.34. The Kier molecular flexibility index (Phi) is 6.16. The molecule has 1 unspecified atom stereocenters. The molecule has 3 aromatic rings. The molecule has 3 heteroatoms. The first-order valence-corrected chi connectivity index (χ1v) is 12.0. The topological polar surface area (TPSA) is 9.23 Å². The third-order valence-corrected chi connectivity index (χ3v) is 7.40. The summed E-state index contributed by atoms with van der Waals surface area (Å²) in [6.07, 6.45) is 2.86. The van der Waals surface area contributed by atoms with Gasteiger partial charge in [0.05, 0.1) is 0 Å². The number of halogens is 1. The van der Waals surface area contributed by atoms with Gasteiger partial charge < -0.3 is 4.74 Å². The van der Waals surface area contributed by atoms with E-state index in [1.807, 2.05) is 6.07 Å². The minimum atomic E-state index is -0.640. The van der Waals surface area contributed by atoms with Gasteiger partial charge in [-0.2, -0.15) is 0 Å². The van der Waals surface area contributed by atoms with Gasteiger partial charge >= 0.3 is 0 Å². The van der Waals surface area contributed by atoms with Crippen molar-refractivity contribution in [2.75, 3.05) is 0 Å². The zero-order chi connectivity index (χ0) is 22.2. The molecule has 3 aromatic carbocycles. The molecule has 0 aromatic heterocycles. The summed E-state index contributed by atoms with van der Waals surface area (Å²) < 4.78 is 20.8. The molecule has 0 amide bonds. The normalized spacial score (nSPS) is 17.2. The molecule has 0 saturated carbocycles. The van der Waals surface area contributed by atoms with Crippen LogP contribution in [0.5, 0.6) is 5.75 Å². The molecule has 31 heavy (non-hydrogen) atoms. The number of hydrogen-bond donors (Lipinski definition) is 0. The Bertz CT molecular complexity index is 1100. The van der Waals surface area contributed by atoms with E-state index in [1.165, 1.54) is 27.1 Å². The molecular weight excluding hydrogens is 403 g/mol. The second-order valence-corrected chi connectivity index (χ2v) is 9.70. The van der Waals surface area contributed by atoms with E-state index in [4.69, 9.17) is 4.74 Å². The van der Waals surface area contributed by atoms with Crippen LogP contribution in [0.2, 0.25) is 0 Å². The first kappa shape index (κ1) is 22.0. The molecule has 0 N–H and O–H groups in total. The lowest BCUT2D eigenvalue weighted by atomic mass is 9.80. The summed E-state index contributed by atoms with van der Waals surface area (Å²) >= 11 is 1.76. The number of hydrogen-bond acceptors (Lipinski definition) is 2. The van der Waals surface area contributed by atoms with Crippen molar-refractivity contribution in [3.63, 3.8) is 0 Å². The van der Waals surface area contributed by atoms with Crippen molar-refractivity contribution in [3.05, 3.63) is 87.5 Å². The Balaban J connectivity index is 2.03. The third-order valence-electron chi connectivity index (χ3n) is 6.30. The molecule has 1 heterocycles. The molecule has 1 aliphatic rings. The summed E-state index contributed by atoms with van der Waals surface area (Å²) in [5.74, 6) is 0.941. The summed E-state index contributed by atoms with van der Waals surface area (Å²) in [6, 6.07) is 16.9. The van der Waals surface area contributed by atoms with E-state index < -0.39 is 12.3 Å². The van der Waals surface area contributed by atoms with Crippen molar-refractivity contribution < 1.29 is 9.13 Å². The Labute approximate surface area is 190 Å². The van der Waals surface area contributed by atoms with E-state index in [0.29, 0.717) is 0 Å². The van der Waals surface area contributed by atoms with Crippen LogP contribution in [-0.4, -0.2) is 0 Å². The van der Waals surface area contributed by atoms with Gasteiger partial charge in [0.15, 0.2) is 5.60 Å². The van der Waals surface area contributed by atoms with Gasteiger partial charge in [0.2, 0.25) is 0 Å². The van der Waals surface area contributed by atoms with E-state index in [1.54, 1.807) is 11.8 Å². The minimum absolute atomic E-state index is 0.444. The predicted octanol–water partition coefficient (Wildman–Crippen LogP) is 8.09. The summed E-state index contributed by atoms with van der Waals surface area (Å²) in [6.45, 7) is 10.4.